The molecule has 0 atom stereocenters. The lowest BCUT2D eigenvalue weighted by atomic mass is 9.97. The Labute approximate surface area is 213 Å². The highest BCUT2D eigenvalue weighted by molar-refractivity contribution is 7.90. The van der Waals surface area contributed by atoms with E-state index in [4.69, 9.17) is 5.73 Å². The van der Waals surface area contributed by atoms with Gasteiger partial charge < -0.3 is 5.73 Å². The molecule has 0 spiro atoms. The third kappa shape index (κ3) is 4.44. The quantitative estimate of drug-likeness (QED) is 0.414. The van der Waals surface area contributed by atoms with Crippen molar-refractivity contribution in [1.82, 2.24) is 20.1 Å². The SMILES string of the molecule is NC(=O)c1ccc2c3c(nc(-c4c(F)cccc4F)c2c1)N(NC1CCN(S(=O)(=O)C(F)(F)F)CC1)NC3. The molecule has 202 valence electrons. The predicted molar refractivity (Wildman–Crippen MR) is 128 cm³/mol. The molecule has 0 bridgehead atoms. The maximum atomic E-state index is 14.8. The number of primary amides is 1. The van der Waals surface area contributed by atoms with Gasteiger partial charge in [-0.15, -0.1) is 0 Å². The fourth-order valence-electron chi connectivity index (χ4n) is 4.68. The maximum absolute atomic E-state index is 14.8. The molecule has 3 heterocycles. The zero-order chi connectivity index (χ0) is 27.4. The minimum absolute atomic E-state index is 0.0703. The zero-order valence-electron chi connectivity index (χ0n) is 19.5. The first-order chi connectivity index (χ1) is 17.9. The molecule has 0 aliphatic carbocycles. The number of nitrogens with one attached hydrogen (secondary N) is 2. The molecule has 1 fully saturated rings. The van der Waals surface area contributed by atoms with Gasteiger partial charge in [-0.2, -0.15) is 17.5 Å². The lowest BCUT2D eigenvalue weighted by Crippen LogP contribution is -2.55. The molecule has 1 saturated heterocycles. The van der Waals surface area contributed by atoms with Gasteiger partial charge in [0.1, 0.15) is 11.6 Å². The number of benzene rings is 2. The van der Waals surface area contributed by atoms with E-state index in [1.807, 2.05) is 0 Å². The molecule has 3 aromatic rings. The second kappa shape index (κ2) is 9.41. The van der Waals surface area contributed by atoms with Crippen molar-refractivity contribution in [3.05, 3.63) is 59.2 Å². The van der Waals surface area contributed by atoms with Crippen molar-refractivity contribution >= 4 is 32.5 Å². The van der Waals surface area contributed by atoms with Gasteiger partial charge in [-0.1, -0.05) is 12.1 Å². The van der Waals surface area contributed by atoms with Crippen LogP contribution in [0.4, 0.5) is 27.8 Å². The van der Waals surface area contributed by atoms with Gasteiger partial charge in [0.15, 0.2) is 5.82 Å². The molecule has 2 aliphatic rings. The number of fused-ring (bicyclic) bond motifs is 3. The van der Waals surface area contributed by atoms with Crippen molar-refractivity contribution in [2.75, 3.05) is 18.2 Å². The topological polar surface area (TPSA) is 121 Å². The highest BCUT2D eigenvalue weighted by atomic mass is 32.2. The number of hydrogen-bond acceptors (Lipinski definition) is 7. The lowest BCUT2D eigenvalue weighted by Gasteiger charge is -2.34. The Morgan fingerprint density at radius 1 is 1.08 bits per heavy atom. The van der Waals surface area contributed by atoms with E-state index in [0.717, 1.165) is 12.1 Å². The molecular formula is C23H21F5N6O3S. The summed E-state index contributed by atoms with van der Waals surface area (Å²) >= 11 is 0. The van der Waals surface area contributed by atoms with Crippen molar-refractivity contribution < 1.29 is 35.2 Å². The van der Waals surface area contributed by atoms with E-state index in [0.29, 0.717) is 20.6 Å². The van der Waals surface area contributed by atoms with E-state index in [9.17, 15) is 35.2 Å². The highest BCUT2D eigenvalue weighted by Gasteiger charge is 2.50. The first-order valence-corrected chi connectivity index (χ1v) is 12.9. The van der Waals surface area contributed by atoms with Crippen LogP contribution in [0.3, 0.4) is 0 Å². The van der Waals surface area contributed by atoms with E-state index < -0.39 is 44.7 Å². The number of anilines is 1. The summed E-state index contributed by atoms with van der Waals surface area (Å²) < 4.78 is 92.1. The number of alkyl halides is 3. The van der Waals surface area contributed by atoms with E-state index in [1.165, 1.54) is 23.3 Å². The van der Waals surface area contributed by atoms with E-state index >= 15 is 0 Å². The molecule has 1 amide bonds. The summed E-state index contributed by atoms with van der Waals surface area (Å²) in [5.74, 6) is -2.20. The van der Waals surface area contributed by atoms with Crippen LogP contribution in [0.1, 0.15) is 28.8 Å². The monoisotopic (exact) mass is 556 g/mol. The number of aromatic nitrogens is 1. The molecule has 38 heavy (non-hydrogen) atoms. The summed E-state index contributed by atoms with van der Waals surface area (Å²) in [4.78, 5) is 16.3. The van der Waals surface area contributed by atoms with Gasteiger partial charge >= 0.3 is 15.5 Å². The number of carbonyl (C=O) groups excluding carboxylic acids is 1. The minimum atomic E-state index is -5.42. The summed E-state index contributed by atoms with van der Waals surface area (Å²) in [5.41, 5.74) is 6.45. The third-order valence-corrected chi connectivity index (χ3v) is 8.23. The molecule has 2 aromatic carbocycles. The molecular weight excluding hydrogens is 535 g/mol. The Morgan fingerprint density at radius 2 is 1.74 bits per heavy atom. The van der Waals surface area contributed by atoms with Crippen LogP contribution in [0.15, 0.2) is 36.4 Å². The fraction of sp³-hybridized carbons (Fsp3) is 0.304. The molecule has 5 rings (SSSR count). The molecule has 0 saturated carbocycles. The molecule has 0 radical (unpaired) electrons. The van der Waals surface area contributed by atoms with Crippen molar-refractivity contribution in [3.8, 4) is 11.3 Å². The summed E-state index contributed by atoms with van der Waals surface area (Å²) in [6, 6.07) is 7.45. The van der Waals surface area contributed by atoms with Crippen LogP contribution in [-0.4, -0.2) is 48.3 Å². The van der Waals surface area contributed by atoms with Crippen LogP contribution in [0.2, 0.25) is 0 Å². The molecule has 4 N–H and O–H groups in total. The van der Waals surface area contributed by atoms with Gasteiger partial charge in [-0.25, -0.2) is 38.2 Å². The Bertz CT molecular complexity index is 1520. The zero-order valence-corrected chi connectivity index (χ0v) is 20.3. The van der Waals surface area contributed by atoms with Crippen LogP contribution in [0, 0.1) is 11.6 Å². The second-order valence-corrected chi connectivity index (χ2v) is 10.8. The standard InChI is InChI=1S/C23H21F5N6O3S/c24-17-2-1-3-18(25)19(17)20-15-10-12(21(29)35)4-5-14(15)16-11-30-34(22(16)31-20)32-13-6-8-33(9-7-13)38(36,37)23(26,27)28/h1-5,10,13,30,32H,6-9,11H2,(H2,29,35). The van der Waals surface area contributed by atoms with Crippen LogP contribution in [0.5, 0.6) is 0 Å². The number of halogens is 5. The van der Waals surface area contributed by atoms with Crippen LogP contribution < -0.4 is 21.7 Å². The fourth-order valence-corrected chi connectivity index (χ4v) is 5.66. The average molecular weight is 557 g/mol. The van der Waals surface area contributed by atoms with Crippen LogP contribution >= 0.6 is 0 Å². The van der Waals surface area contributed by atoms with Gasteiger partial charge in [0.2, 0.25) is 5.91 Å². The van der Waals surface area contributed by atoms with Gasteiger partial charge in [0.05, 0.1) is 11.3 Å². The third-order valence-electron chi connectivity index (χ3n) is 6.60. The van der Waals surface area contributed by atoms with Crippen LogP contribution in [0.25, 0.3) is 22.0 Å². The van der Waals surface area contributed by atoms with Crippen molar-refractivity contribution in [1.29, 1.82) is 0 Å². The van der Waals surface area contributed by atoms with Gasteiger partial charge in [-0.05, 0) is 42.5 Å². The number of hydrogen-bond donors (Lipinski definition) is 3. The summed E-state index contributed by atoms with van der Waals surface area (Å²) in [7, 11) is -5.42. The Balaban J connectivity index is 1.49. The predicted octanol–water partition coefficient (Wildman–Crippen LogP) is 2.92. The summed E-state index contributed by atoms with van der Waals surface area (Å²) in [6.45, 7) is -0.442. The van der Waals surface area contributed by atoms with Gasteiger partial charge in [0, 0.05) is 42.2 Å². The van der Waals surface area contributed by atoms with Crippen molar-refractivity contribution in [3.63, 3.8) is 0 Å². The number of pyridine rings is 1. The normalized spacial score (nSPS) is 17.2. The number of amides is 1. The first kappa shape index (κ1) is 26.2. The number of rotatable bonds is 5. The highest BCUT2D eigenvalue weighted by Crippen LogP contribution is 2.38. The second-order valence-electron chi connectivity index (χ2n) is 8.91. The van der Waals surface area contributed by atoms with E-state index in [-0.39, 0.29) is 49.6 Å². The molecule has 2 aliphatic heterocycles. The molecule has 9 nitrogen and oxygen atoms in total. The Hall–Kier alpha value is -3.40. The molecule has 0 unspecified atom stereocenters. The number of piperidine rings is 1. The average Bonchev–Trinajstić information content (AvgIpc) is 3.25. The van der Waals surface area contributed by atoms with Crippen molar-refractivity contribution in [2.45, 2.75) is 30.9 Å². The van der Waals surface area contributed by atoms with Crippen LogP contribution in [-0.2, 0) is 16.6 Å². The molecule has 15 heteroatoms. The minimum Gasteiger partial charge on any atom is -0.366 e. The van der Waals surface area contributed by atoms with Gasteiger partial charge in [0.25, 0.3) is 0 Å². The number of carbonyl (C=O) groups is 1. The molecule has 1 aromatic heterocycles. The summed E-state index contributed by atoms with van der Waals surface area (Å²) in [5, 5.41) is 2.27. The Kier molecular flexibility index (Phi) is 6.49. The Morgan fingerprint density at radius 3 is 2.34 bits per heavy atom. The number of nitrogens with zero attached hydrogens (tertiary/aromatic N) is 3. The summed E-state index contributed by atoms with van der Waals surface area (Å²) in [6.07, 6.45) is 0.153. The maximum Gasteiger partial charge on any atom is 0.511 e. The van der Waals surface area contributed by atoms with Gasteiger partial charge in [-0.3, -0.25) is 4.79 Å². The largest absolute Gasteiger partial charge is 0.511 e. The first-order valence-electron chi connectivity index (χ1n) is 11.5. The number of nitrogens with two attached hydrogens (primary N) is 1. The van der Waals surface area contributed by atoms with E-state index in [2.05, 4.69) is 15.8 Å². The van der Waals surface area contributed by atoms with E-state index in [1.54, 1.807) is 6.07 Å². The number of sulfonamides is 1. The smallest absolute Gasteiger partial charge is 0.366 e. The lowest BCUT2D eigenvalue weighted by molar-refractivity contribution is -0.0495. The van der Waals surface area contributed by atoms with Crippen molar-refractivity contribution in [2.24, 2.45) is 5.73 Å². The number of hydrazine groups is 2.